The topological polar surface area (TPSA) is 103 Å². The van der Waals surface area contributed by atoms with Crippen LogP contribution in [-0.4, -0.2) is 35.6 Å². The summed E-state index contributed by atoms with van der Waals surface area (Å²) in [6, 6.07) is 5.26. The van der Waals surface area contributed by atoms with Crippen LogP contribution < -0.4 is 21.2 Å². The highest BCUT2D eigenvalue weighted by Crippen LogP contribution is 2.15. The molecular formula is C20H26N5O3+. The number of pyridine rings is 2. The summed E-state index contributed by atoms with van der Waals surface area (Å²) in [5, 5.41) is 3.20. The second-order valence-corrected chi connectivity index (χ2v) is 6.79. The molecule has 3 N–H and O–H groups in total. The minimum atomic E-state index is -0.311. The van der Waals surface area contributed by atoms with Gasteiger partial charge in [-0.15, -0.1) is 0 Å². The van der Waals surface area contributed by atoms with Gasteiger partial charge in [-0.1, -0.05) is 18.0 Å². The molecule has 0 radical (unpaired) electrons. The van der Waals surface area contributed by atoms with E-state index >= 15 is 0 Å². The summed E-state index contributed by atoms with van der Waals surface area (Å²) in [5.74, 6) is -0.00366. The Bertz CT molecular complexity index is 1090. The van der Waals surface area contributed by atoms with Crippen LogP contribution in [0.5, 0.6) is 0 Å². The average Bonchev–Trinajstić information content (AvgIpc) is 2.68. The Morgan fingerprint density at radius 2 is 2.18 bits per heavy atom. The molecule has 3 aromatic heterocycles. The zero-order valence-electron chi connectivity index (χ0n) is 16.5. The Kier molecular flexibility index (Phi) is 5.89. The number of ether oxygens (including phenoxy) is 1. The van der Waals surface area contributed by atoms with Crippen LogP contribution in [0.25, 0.3) is 16.7 Å². The van der Waals surface area contributed by atoms with Crippen LogP contribution in [0.15, 0.2) is 29.2 Å². The lowest BCUT2D eigenvalue weighted by molar-refractivity contribution is -0.658. The number of rotatable bonds is 7. The first-order valence-electron chi connectivity index (χ1n) is 9.40. The maximum absolute atomic E-state index is 13.1. The molecule has 0 saturated carbocycles. The molecule has 0 spiro atoms. The van der Waals surface area contributed by atoms with Crippen LogP contribution in [-0.2, 0) is 11.3 Å². The van der Waals surface area contributed by atoms with Crippen molar-refractivity contribution in [2.45, 2.75) is 33.2 Å². The number of hydrogen-bond donors (Lipinski definition) is 2. The molecule has 1 amide bonds. The number of aromatic nitrogens is 3. The standard InChI is InChI=1S/C20H25N5O3/c1-4-9-24-17(21)14(19(26)22-8-5-10-28-3)11-15-18(24)23-16-7-6-13(2)12-25(16)20(15)27/h6-7,11-12,21H,4-5,8-10H2,1-3H3,(H,22,26)/p+1. The van der Waals surface area contributed by atoms with Crippen molar-refractivity contribution in [3.8, 4) is 0 Å². The molecule has 0 unspecified atom stereocenters. The molecule has 0 atom stereocenters. The molecule has 3 aromatic rings. The molecule has 3 heterocycles. The number of methoxy groups -OCH3 is 1. The third-order valence-electron chi connectivity index (χ3n) is 4.60. The molecule has 0 bridgehead atoms. The molecule has 0 aliphatic carbocycles. The van der Waals surface area contributed by atoms with Gasteiger partial charge in [0.05, 0.1) is 6.54 Å². The minimum Gasteiger partial charge on any atom is -0.385 e. The van der Waals surface area contributed by atoms with Crippen molar-refractivity contribution in [1.29, 1.82) is 0 Å². The lowest BCUT2D eigenvalue weighted by Crippen LogP contribution is -2.42. The van der Waals surface area contributed by atoms with Crippen molar-refractivity contribution < 1.29 is 14.1 Å². The number of anilines is 1. The second kappa shape index (κ2) is 8.35. The van der Waals surface area contributed by atoms with Crippen molar-refractivity contribution in [2.75, 3.05) is 26.0 Å². The Morgan fingerprint density at radius 1 is 1.39 bits per heavy atom. The van der Waals surface area contributed by atoms with Gasteiger partial charge in [-0.3, -0.25) is 14.0 Å². The normalized spacial score (nSPS) is 11.2. The predicted molar refractivity (Wildman–Crippen MR) is 107 cm³/mol. The maximum Gasteiger partial charge on any atom is 0.278 e. The van der Waals surface area contributed by atoms with E-state index in [9.17, 15) is 9.59 Å². The lowest BCUT2D eigenvalue weighted by Gasteiger charge is -2.12. The molecule has 3 rings (SSSR count). The van der Waals surface area contributed by atoms with Gasteiger partial charge in [0.1, 0.15) is 10.9 Å². The largest absolute Gasteiger partial charge is 0.385 e. The number of nitrogens with two attached hydrogens (primary N) is 1. The zero-order chi connectivity index (χ0) is 20.3. The van der Waals surface area contributed by atoms with E-state index in [4.69, 9.17) is 10.5 Å². The SMILES string of the molecule is CCC[n+]1c(N)c(C(=O)NCCCOC)cc2c(=O)n3cc(C)ccc3nc21. The van der Waals surface area contributed by atoms with Gasteiger partial charge >= 0.3 is 0 Å². The quantitative estimate of drug-likeness (QED) is 0.362. The van der Waals surface area contributed by atoms with Crippen LogP contribution in [0.4, 0.5) is 5.82 Å². The Morgan fingerprint density at radius 3 is 2.89 bits per heavy atom. The fourth-order valence-electron chi connectivity index (χ4n) is 3.20. The first-order valence-corrected chi connectivity index (χ1v) is 9.40. The highest BCUT2D eigenvalue weighted by molar-refractivity contribution is 6.00. The molecule has 8 nitrogen and oxygen atoms in total. The lowest BCUT2D eigenvalue weighted by atomic mass is 10.1. The van der Waals surface area contributed by atoms with Gasteiger partial charge in [-0.25, -0.2) is 4.57 Å². The van der Waals surface area contributed by atoms with Gasteiger partial charge in [0.25, 0.3) is 17.1 Å². The molecule has 28 heavy (non-hydrogen) atoms. The summed E-state index contributed by atoms with van der Waals surface area (Å²) in [6.07, 6.45) is 3.23. The number of amides is 1. The first-order chi connectivity index (χ1) is 13.5. The summed E-state index contributed by atoms with van der Waals surface area (Å²) in [4.78, 5) is 30.4. The van der Waals surface area contributed by atoms with Gasteiger partial charge < -0.3 is 15.8 Å². The molecule has 0 aromatic carbocycles. The van der Waals surface area contributed by atoms with Crippen molar-refractivity contribution in [3.63, 3.8) is 0 Å². The van der Waals surface area contributed by atoms with Crippen LogP contribution in [0.2, 0.25) is 0 Å². The molecule has 8 heteroatoms. The van der Waals surface area contributed by atoms with Gasteiger partial charge in [0.15, 0.2) is 0 Å². The number of hydrogen-bond acceptors (Lipinski definition) is 5. The van der Waals surface area contributed by atoms with E-state index in [-0.39, 0.29) is 17.0 Å². The molecule has 0 aliphatic heterocycles. The second-order valence-electron chi connectivity index (χ2n) is 6.79. The van der Waals surface area contributed by atoms with E-state index in [1.807, 2.05) is 19.9 Å². The van der Waals surface area contributed by atoms with Crippen LogP contribution in [0.1, 0.15) is 35.7 Å². The number of nitrogens with one attached hydrogen (secondary N) is 1. The summed E-state index contributed by atoms with van der Waals surface area (Å²) >= 11 is 0. The van der Waals surface area contributed by atoms with Gasteiger partial charge in [-0.2, -0.15) is 0 Å². The third-order valence-corrected chi connectivity index (χ3v) is 4.60. The highest BCUT2D eigenvalue weighted by atomic mass is 16.5. The Hall–Kier alpha value is -3.00. The maximum atomic E-state index is 13.1. The Balaban J connectivity index is 2.19. The molecule has 0 saturated heterocycles. The number of carbonyl (C=O) groups is 1. The van der Waals surface area contributed by atoms with E-state index in [0.29, 0.717) is 48.6 Å². The average molecular weight is 384 g/mol. The number of nitrogens with zero attached hydrogens (tertiary/aromatic N) is 3. The smallest absolute Gasteiger partial charge is 0.278 e. The van der Waals surface area contributed by atoms with Crippen LogP contribution in [0, 0.1) is 6.92 Å². The van der Waals surface area contributed by atoms with Crippen LogP contribution in [0.3, 0.4) is 0 Å². The van der Waals surface area contributed by atoms with E-state index < -0.39 is 0 Å². The summed E-state index contributed by atoms with van der Waals surface area (Å²) in [6.45, 7) is 5.50. The van der Waals surface area contributed by atoms with E-state index in [2.05, 4.69) is 10.3 Å². The summed E-state index contributed by atoms with van der Waals surface area (Å²) < 4.78 is 8.25. The fraction of sp³-hybridized carbons (Fsp3) is 0.400. The predicted octanol–water partition coefficient (Wildman–Crippen LogP) is 1.20. The monoisotopic (exact) mass is 384 g/mol. The molecule has 0 fully saturated rings. The molecule has 148 valence electrons. The van der Waals surface area contributed by atoms with Crippen molar-refractivity contribution in [2.24, 2.45) is 0 Å². The zero-order valence-corrected chi connectivity index (χ0v) is 16.5. The van der Waals surface area contributed by atoms with E-state index in [1.165, 1.54) is 4.40 Å². The third kappa shape index (κ3) is 3.68. The number of aryl methyl sites for hydroxylation is 2. The summed E-state index contributed by atoms with van der Waals surface area (Å²) in [5.41, 5.74) is 8.36. The van der Waals surface area contributed by atoms with Crippen LogP contribution >= 0.6 is 0 Å². The Labute approximate surface area is 163 Å². The van der Waals surface area contributed by atoms with E-state index in [1.54, 1.807) is 30.0 Å². The van der Waals surface area contributed by atoms with E-state index in [0.717, 1.165) is 12.0 Å². The molecular weight excluding hydrogens is 358 g/mol. The van der Waals surface area contributed by atoms with Crippen molar-refractivity contribution >= 4 is 28.4 Å². The van der Waals surface area contributed by atoms with Crippen molar-refractivity contribution in [1.82, 2.24) is 14.7 Å². The van der Waals surface area contributed by atoms with Gasteiger partial charge in [0, 0.05) is 26.5 Å². The molecule has 0 aliphatic rings. The van der Waals surface area contributed by atoms with Crippen molar-refractivity contribution in [3.05, 3.63) is 45.9 Å². The fourth-order valence-corrected chi connectivity index (χ4v) is 3.20. The minimum absolute atomic E-state index is 0.220. The first kappa shape index (κ1) is 19.8. The highest BCUT2D eigenvalue weighted by Gasteiger charge is 2.23. The number of carbonyl (C=O) groups excluding carboxylic acids is 1. The summed E-state index contributed by atoms with van der Waals surface area (Å²) in [7, 11) is 1.61. The number of nitrogen functional groups attached to an aromatic ring is 1. The van der Waals surface area contributed by atoms with Gasteiger partial charge in [0.2, 0.25) is 11.5 Å². The van der Waals surface area contributed by atoms with Gasteiger partial charge in [-0.05, 0) is 37.5 Å². The number of fused-ring (bicyclic) bond motifs is 2.